The van der Waals surface area contributed by atoms with Gasteiger partial charge in [0.25, 0.3) is 0 Å². The van der Waals surface area contributed by atoms with Crippen LogP contribution in [0.2, 0.25) is 0 Å². The minimum atomic E-state index is -3.94. The standard InChI is InChI=1S/C10H23N2O3P/c1-11(2)9-6-4-5-7-10(9)12(3)8-16(13,14)15/h9-10H,4-8H2,1-3H3,(H2,13,14,15). The number of nitrogens with zero attached hydrogens (tertiary/aromatic N) is 2. The molecule has 2 unspecified atom stereocenters. The molecule has 0 aliphatic heterocycles. The predicted octanol–water partition coefficient (Wildman–Crippen LogP) is 0.926. The van der Waals surface area contributed by atoms with Gasteiger partial charge in [-0.15, -0.1) is 0 Å². The normalized spacial score (nSPS) is 27.7. The third-order valence-electron chi connectivity index (χ3n) is 3.33. The summed E-state index contributed by atoms with van der Waals surface area (Å²) in [5.41, 5.74) is 0. The topological polar surface area (TPSA) is 64.0 Å². The third kappa shape index (κ3) is 4.15. The zero-order valence-corrected chi connectivity index (χ0v) is 11.2. The molecule has 0 saturated heterocycles. The highest BCUT2D eigenvalue weighted by atomic mass is 31.2. The van der Waals surface area contributed by atoms with E-state index in [0.717, 1.165) is 19.3 Å². The Morgan fingerprint density at radius 1 is 1.12 bits per heavy atom. The molecular formula is C10H23N2O3P. The monoisotopic (exact) mass is 250 g/mol. The largest absolute Gasteiger partial charge is 0.339 e. The molecule has 96 valence electrons. The lowest BCUT2D eigenvalue weighted by Gasteiger charge is -2.41. The van der Waals surface area contributed by atoms with Crippen LogP contribution in [-0.4, -0.2) is 59.1 Å². The van der Waals surface area contributed by atoms with Gasteiger partial charge in [-0.3, -0.25) is 9.46 Å². The average Bonchev–Trinajstić information content (AvgIpc) is 2.15. The highest BCUT2D eigenvalue weighted by Crippen LogP contribution is 2.37. The second-order valence-electron chi connectivity index (χ2n) is 4.95. The molecule has 1 aliphatic rings. The lowest BCUT2D eigenvalue weighted by atomic mass is 9.89. The second kappa shape index (κ2) is 5.61. The summed E-state index contributed by atoms with van der Waals surface area (Å²) in [5, 5.41) is 0. The van der Waals surface area contributed by atoms with E-state index in [1.165, 1.54) is 6.42 Å². The molecule has 0 radical (unpaired) electrons. The maximum atomic E-state index is 11.0. The molecule has 0 heterocycles. The van der Waals surface area contributed by atoms with E-state index in [0.29, 0.717) is 6.04 Å². The van der Waals surface area contributed by atoms with Gasteiger partial charge in [-0.2, -0.15) is 0 Å². The van der Waals surface area contributed by atoms with Gasteiger partial charge in [-0.1, -0.05) is 12.8 Å². The molecule has 2 atom stereocenters. The molecule has 1 saturated carbocycles. The Morgan fingerprint density at radius 3 is 2.06 bits per heavy atom. The summed E-state index contributed by atoms with van der Waals surface area (Å²) >= 11 is 0. The fourth-order valence-electron chi connectivity index (χ4n) is 2.60. The maximum Gasteiger partial charge on any atom is 0.339 e. The van der Waals surface area contributed by atoms with Crippen molar-refractivity contribution in [2.45, 2.75) is 37.8 Å². The zero-order chi connectivity index (χ0) is 12.3. The Balaban J connectivity index is 2.64. The number of hydrogen-bond donors (Lipinski definition) is 2. The van der Waals surface area contributed by atoms with Gasteiger partial charge in [-0.05, 0) is 34.0 Å². The second-order valence-corrected chi connectivity index (χ2v) is 6.56. The van der Waals surface area contributed by atoms with Crippen LogP contribution in [0.15, 0.2) is 0 Å². The molecule has 1 aliphatic carbocycles. The SMILES string of the molecule is CN(C)C1CCCCC1N(C)CP(=O)(O)O. The van der Waals surface area contributed by atoms with Crippen molar-refractivity contribution < 1.29 is 14.4 Å². The quantitative estimate of drug-likeness (QED) is 0.727. The van der Waals surface area contributed by atoms with Gasteiger partial charge >= 0.3 is 7.60 Å². The lowest BCUT2D eigenvalue weighted by molar-refractivity contribution is 0.100. The van der Waals surface area contributed by atoms with Crippen LogP contribution in [0.3, 0.4) is 0 Å². The van der Waals surface area contributed by atoms with E-state index in [1.54, 1.807) is 0 Å². The summed E-state index contributed by atoms with van der Waals surface area (Å²) in [5.74, 6) is 0. The van der Waals surface area contributed by atoms with E-state index in [4.69, 9.17) is 9.79 Å². The van der Waals surface area contributed by atoms with Crippen LogP contribution in [0.5, 0.6) is 0 Å². The van der Waals surface area contributed by atoms with Crippen LogP contribution in [0, 0.1) is 0 Å². The van der Waals surface area contributed by atoms with Gasteiger partial charge in [-0.25, -0.2) is 0 Å². The molecule has 0 spiro atoms. The van der Waals surface area contributed by atoms with Crippen LogP contribution in [0.4, 0.5) is 0 Å². The van der Waals surface area contributed by atoms with Gasteiger partial charge in [0.15, 0.2) is 0 Å². The number of rotatable bonds is 4. The number of likely N-dealkylation sites (N-methyl/N-ethyl adjacent to an activating group) is 2. The van der Waals surface area contributed by atoms with Crippen LogP contribution in [0.1, 0.15) is 25.7 Å². The van der Waals surface area contributed by atoms with E-state index in [9.17, 15) is 4.57 Å². The Hall–Kier alpha value is 0.0700. The molecule has 1 fully saturated rings. The minimum Gasteiger partial charge on any atom is -0.324 e. The van der Waals surface area contributed by atoms with Crippen molar-refractivity contribution in [2.24, 2.45) is 0 Å². The Bertz CT molecular complexity index is 267. The first kappa shape index (κ1) is 14.1. The fourth-order valence-corrected chi connectivity index (χ4v) is 3.39. The van der Waals surface area contributed by atoms with Crippen LogP contribution in [-0.2, 0) is 4.57 Å². The summed E-state index contributed by atoms with van der Waals surface area (Å²) in [6, 6.07) is 0.668. The Labute approximate surface area is 97.6 Å². The van der Waals surface area contributed by atoms with Gasteiger partial charge in [0, 0.05) is 12.1 Å². The van der Waals surface area contributed by atoms with E-state index >= 15 is 0 Å². The van der Waals surface area contributed by atoms with Crippen molar-refractivity contribution in [3.05, 3.63) is 0 Å². The van der Waals surface area contributed by atoms with Gasteiger partial charge in [0.2, 0.25) is 0 Å². The summed E-state index contributed by atoms with van der Waals surface area (Å²) in [6.45, 7) is 0. The van der Waals surface area contributed by atoms with Gasteiger partial charge < -0.3 is 14.7 Å². The molecule has 0 bridgehead atoms. The third-order valence-corrected chi connectivity index (χ3v) is 4.15. The molecule has 5 nitrogen and oxygen atoms in total. The number of hydrogen-bond acceptors (Lipinski definition) is 3. The fraction of sp³-hybridized carbons (Fsp3) is 1.00. The first-order valence-electron chi connectivity index (χ1n) is 5.72. The summed E-state index contributed by atoms with van der Waals surface area (Å²) in [6.07, 6.45) is 4.37. The van der Waals surface area contributed by atoms with E-state index in [-0.39, 0.29) is 12.3 Å². The Morgan fingerprint density at radius 2 is 1.62 bits per heavy atom. The van der Waals surface area contributed by atoms with Gasteiger partial charge in [0.05, 0.1) is 0 Å². The smallest absolute Gasteiger partial charge is 0.324 e. The first-order chi connectivity index (χ1) is 7.31. The summed E-state index contributed by atoms with van der Waals surface area (Å²) in [4.78, 5) is 22.0. The van der Waals surface area contributed by atoms with Crippen LogP contribution >= 0.6 is 7.60 Å². The minimum absolute atomic E-state index is 0.137. The first-order valence-corrected chi connectivity index (χ1v) is 7.52. The van der Waals surface area contributed by atoms with Crippen molar-refractivity contribution in [2.75, 3.05) is 27.4 Å². The van der Waals surface area contributed by atoms with Crippen LogP contribution in [0.25, 0.3) is 0 Å². The lowest BCUT2D eigenvalue weighted by Crippen LogP contribution is -2.50. The van der Waals surface area contributed by atoms with Crippen molar-refractivity contribution in [1.82, 2.24) is 9.80 Å². The molecule has 16 heavy (non-hydrogen) atoms. The van der Waals surface area contributed by atoms with E-state index in [1.807, 2.05) is 26.0 Å². The maximum absolute atomic E-state index is 11.0. The van der Waals surface area contributed by atoms with Gasteiger partial charge in [0.1, 0.15) is 6.29 Å². The highest BCUT2D eigenvalue weighted by Gasteiger charge is 2.32. The molecule has 2 N–H and O–H groups in total. The van der Waals surface area contributed by atoms with Crippen molar-refractivity contribution >= 4 is 7.60 Å². The van der Waals surface area contributed by atoms with Crippen LogP contribution < -0.4 is 0 Å². The van der Waals surface area contributed by atoms with Crippen molar-refractivity contribution in [1.29, 1.82) is 0 Å². The molecular weight excluding hydrogens is 227 g/mol. The van der Waals surface area contributed by atoms with Crippen molar-refractivity contribution in [3.63, 3.8) is 0 Å². The molecule has 0 amide bonds. The van der Waals surface area contributed by atoms with Crippen molar-refractivity contribution in [3.8, 4) is 0 Å². The van der Waals surface area contributed by atoms with E-state index in [2.05, 4.69) is 4.90 Å². The highest BCUT2D eigenvalue weighted by molar-refractivity contribution is 7.51. The predicted molar refractivity (Wildman–Crippen MR) is 64.4 cm³/mol. The Kier molecular flexibility index (Phi) is 4.95. The molecule has 0 aromatic carbocycles. The summed E-state index contributed by atoms with van der Waals surface area (Å²) in [7, 11) is 1.95. The molecule has 0 aromatic rings. The average molecular weight is 250 g/mol. The molecule has 6 heteroatoms. The zero-order valence-electron chi connectivity index (χ0n) is 10.3. The molecule has 0 aromatic heterocycles. The molecule has 1 rings (SSSR count). The van der Waals surface area contributed by atoms with E-state index < -0.39 is 7.60 Å². The summed E-state index contributed by atoms with van der Waals surface area (Å²) < 4.78 is 11.0.